The van der Waals surface area contributed by atoms with E-state index in [4.69, 9.17) is 0 Å². The van der Waals surface area contributed by atoms with Gasteiger partial charge < -0.3 is 0 Å². The van der Waals surface area contributed by atoms with E-state index >= 15 is 0 Å². The highest BCUT2D eigenvalue weighted by molar-refractivity contribution is 14.1. The van der Waals surface area contributed by atoms with Crippen LogP contribution in [0.3, 0.4) is 0 Å². The summed E-state index contributed by atoms with van der Waals surface area (Å²) in [4.78, 5) is 19.8. The van der Waals surface area contributed by atoms with Crippen molar-refractivity contribution in [2.24, 2.45) is 0 Å². The lowest BCUT2D eigenvalue weighted by molar-refractivity contribution is 0.713. The Morgan fingerprint density at radius 2 is 1.86 bits per heavy atom. The molecule has 1 aromatic carbocycles. The highest BCUT2D eigenvalue weighted by atomic mass is 127. The van der Waals surface area contributed by atoms with Crippen LogP contribution in [0.5, 0.6) is 0 Å². The van der Waals surface area contributed by atoms with Gasteiger partial charge in [-0.3, -0.25) is 9.36 Å². The average molecular weight is 422 g/mol. The summed E-state index contributed by atoms with van der Waals surface area (Å²) in [5.74, 6) is 0. The second-order valence-corrected chi connectivity index (χ2v) is 7.97. The standard InChI is InChI=1S/C17H15IN2OS/c18-11-6-8-12(9-7-11)20-10-19-16-15(17(20)21)13-4-2-1-3-5-14(13)22-16/h6-10H,1-5H2. The van der Waals surface area contributed by atoms with Crippen molar-refractivity contribution in [3.05, 3.63) is 55.0 Å². The number of halogens is 1. The molecule has 0 radical (unpaired) electrons. The van der Waals surface area contributed by atoms with E-state index in [-0.39, 0.29) is 5.56 Å². The normalized spacial score (nSPS) is 14.8. The Morgan fingerprint density at radius 3 is 2.68 bits per heavy atom. The number of benzene rings is 1. The van der Waals surface area contributed by atoms with Gasteiger partial charge in [-0.15, -0.1) is 11.3 Å². The van der Waals surface area contributed by atoms with E-state index in [1.807, 2.05) is 24.3 Å². The molecule has 0 N–H and O–H groups in total. The Morgan fingerprint density at radius 1 is 1.09 bits per heavy atom. The number of nitrogens with zero attached hydrogens (tertiary/aromatic N) is 2. The predicted octanol–water partition coefficient (Wildman–Crippen LogP) is 4.32. The lowest BCUT2D eigenvalue weighted by Gasteiger charge is -2.06. The molecule has 0 amide bonds. The number of fused-ring (bicyclic) bond motifs is 3. The minimum atomic E-state index is 0.0746. The van der Waals surface area contributed by atoms with Crippen LogP contribution in [-0.4, -0.2) is 9.55 Å². The van der Waals surface area contributed by atoms with Crippen LogP contribution in [-0.2, 0) is 12.8 Å². The van der Waals surface area contributed by atoms with Gasteiger partial charge in [0, 0.05) is 8.45 Å². The van der Waals surface area contributed by atoms with Crippen LogP contribution < -0.4 is 5.56 Å². The fourth-order valence-corrected chi connectivity index (χ4v) is 4.69. The zero-order valence-corrected chi connectivity index (χ0v) is 15.0. The number of hydrogen-bond donors (Lipinski definition) is 0. The average Bonchev–Trinajstić information content (AvgIpc) is 2.72. The molecule has 4 rings (SSSR count). The Kier molecular flexibility index (Phi) is 3.78. The summed E-state index contributed by atoms with van der Waals surface area (Å²) in [6, 6.07) is 7.98. The van der Waals surface area contributed by atoms with Gasteiger partial charge in [-0.2, -0.15) is 0 Å². The van der Waals surface area contributed by atoms with Crippen LogP contribution in [0.1, 0.15) is 29.7 Å². The van der Waals surface area contributed by atoms with Crippen molar-refractivity contribution in [2.45, 2.75) is 32.1 Å². The molecule has 0 saturated carbocycles. The topological polar surface area (TPSA) is 34.9 Å². The third-order valence-corrected chi connectivity index (χ3v) is 6.15. The second kappa shape index (κ2) is 5.77. The molecule has 0 aliphatic heterocycles. The molecule has 3 nitrogen and oxygen atoms in total. The van der Waals surface area contributed by atoms with Crippen molar-refractivity contribution in [3.63, 3.8) is 0 Å². The molecule has 0 fully saturated rings. The van der Waals surface area contributed by atoms with E-state index in [0.717, 1.165) is 32.3 Å². The molecule has 22 heavy (non-hydrogen) atoms. The maximum absolute atomic E-state index is 13.0. The SMILES string of the molecule is O=c1c2c3c(sc2ncn1-c1ccc(I)cc1)CCCCC3. The highest BCUT2D eigenvalue weighted by Gasteiger charge is 2.19. The van der Waals surface area contributed by atoms with Gasteiger partial charge in [-0.05, 0) is 78.1 Å². The Balaban J connectivity index is 1.95. The van der Waals surface area contributed by atoms with Crippen molar-refractivity contribution >= 4 is 44.1 Å². The molecule has 0 atom stereocenters. The van der Waals surface area contributed by atoms with Gasteiger partial charge in [-0.1, -0.05) is 6.42 Å². The number of hydrogen-bond acceptors (Lipinski definition) is 3. The van der Waals surface area contributed by atoms with Crippen LogP contribution in [0.25, 0.3) is 15.9 Å². The summed E-state index contributed by atoms with van der Waals surface area (Å²) >= 11 is 3.98. The van der Waals surface area contributed by atoms with Crippen LogP contribution in [0, 0.1) is 3.57 Å². The van der Waals surface area contributed by atoms with Crippen LogP contribution in [0.4, 0.5) is 0 Å². The minimum absolute atomic E-state index is 0.0746. The monoisotopic (exact) mass is 422 g/mol. The van der Waals surface area contributed by atoms with Gasteiger partial charge in [0.15, 0.2) is 0 Å². The molecule has 0 spiro atoms. The predicted molar refractivity (Wildman–Crippen MR) is 99.2 cm³/mol. The smallest absolute Gasteiger partial charge is 0.266 e. The summed E-state index contributed by atoms with van der Waals surface area (Å²) < 4.78 is 2.84. The molecule has 5 heteroatoms. The van der Waals surface area contributed by atoms with E-state index in [9.17, 15) is 4.79 Å². The summed E-state index contributed by atoms with van der Waals surface area (Å²) in [7, 11) is 0. The fourth-order valence-electron chi connectivity index (χ4n) is 3.11. The largest absolute Gasteiger partial charge is 0.268 e. The zero-order chi connectivity index (χ0) is 15.1. The van der Waals surface area contributed by atoms with Gasteiger partial charge in [-0.25, -0.2) is 4.98 Å². The van der Waals surface area contributed by atoms with Crippen LogP contribution in [0.15, 0.2) is 35.4 Å². The third-order valence-electron chi connectivity index (χ3n) is 4.23. The summed E-state index contributed by atoms with van der Waals surface area (Å²) in [6.07, 6.45) is 7.45. The molecular formula is C17H15IN2OS. The molecule has 0 unspecified atom stereocenters. The van der Waals surface area contributed by atoms with Crippen LogP contribution in [0.2, 0.25) is 0 Å². The summed E-state index contributed by atoms with van der Waals surface area (Å²) in [6.45, 7) is 0. The minimum Gasteiger partial charge on any atom is -0.268 e. The first kappa shape index (κ1) is 14.4. The number of thiophene rings is 1. The number of rotatable bonds is 1. The Bertz CT molecular complexity index is 895. The van der Waals surface area contributed by atoms with Crippen molar-refractivity contribution < 1.29 is 0 Å². The molecular weight excluding hydrogens is 407 g/mol. The summed E-state index contributed by atoms with van der Waals surface area (Å²) in [5, 5.41) is 0.850. The van der Waals surface area contributed by atoms with Crippen molar-refractivity contribution in [2.75, 3.05) is 0 Å². The first-order valence-electron chi connectivity index (χ1n) is 7.52. The third kappa shape index (κ3) is 2.40. The van der Waals surface area contributed by atoms with E-state index < -0.39 is 0 Å². The molecule has 0 bridgehead atoms. The zero-order valence-electron chi connectivity index (χ0n) is 12.0. The summed E-state index contributed by atoms with van der Waals surface area (Å²) in [5.41, 5.74) is 2.22. The Labute approximate surface area is 146 Å². The van der Waals surface area contributed by atoms with Crippen LogP contribution >= 0.6 is 33.9 Å². The molecule has 1 aliphatic carbocycles. The maximum Gasteiger partial charge on any atom is 0.266 e. The Hall–Kier alpha value is -1.21. The molecule has 3 aromatic rings. The lowest BCUT2D eigenvalue weighted by Crippen LogP contribution is -2.19. The van der Waals surface area contributed by atoms with E-state index in [0.29, 0.717) is 0 Å². The van der Waals surface area contributed by atoms with Gasteiger partial charge in [0.2, 0.25) is 0 Å². The molecule has 2 heterocycles. The van der Waals surface area contributed by atoms with Gasteiger partial charge in [0.05, 0.1) is 11.1 Å². The fraction of sp³-hybridized carbons (Fsp3) is 0.294. The van der Waals surface area contributed by atoms with Gasteiger partial charge >= 0.3 is 0 Å². The lowest BCUT2D eigenvalue weighted by atomic mass is 10.1. The van der Waals surface area contributed by atoms with Gasteiger partial charge in [0.25, 0.3) is 5.56 Å². The first-order chi connectivity index (χ1) is 10.7. The quantitative estimate of drug-likeness (QED) is 0.433. The van der Waals surface area contributed by atoms with E-state index in [2.05, 4.69) is 27.6 Å². The molecule has 112 valence electrons. The first-order valence-corrected chi connectivity index (χ1v) is 9.41. The van der Waals surface area contributed by atoms with Gasteiger partial charge in [0.1, 0.15) is 11.2 Å². The molecule has 2 aromatic heterocycles. The second-order valence-electron chi connectivity index (χ2n) is 5.64. The molecule has 0 saturated heterocycles. The number of aryl methyl sites for hydroxylation is 2. The highest BCUT2D eigenvalue weighted by Crippen LogP contribution is 2.32. The number of aromatic nitrogens is 2. The van der Waals surface area contributed by atoms with E-state index in [1.54, 1.807) is 22.2 Å². The molecule has 1 aliphatic rings. The maximum atomic E-state index is 13.0. The van der Waals surface area contributed by atoms with Crippen molar-refractivity contribution in [1.29, 1.82) is 0 Å². The van der Waals surface area contributed by atoms with E-state index in [1.165, 1.54) is 29.7 Å². The van der Waals surface area contributed by atoms with Crippen molar-refractivity contribution in [1.82, 2.24) is 9.55 Å². The van der Waals surface area contributed by atoms with Crippen molar-refractivity contribution in [3.8, 4) is 5.69 Å².